The van der Waals surface area contributed by atoms with Gasteiger partial charge in [-0.15, -0.1) is 0 Å². The Morgan fingerprint density at radius 3 is 2.31 bits per heavy atom. The van der Waals surface area contributed by atoms with Crippen molar-refractivity contribution in [1.82, 2.24) is 0 Å². The SMILES string of the molecule is CC(OCC[Si](C)(C)C)C1CCC1. The van der Waals surface area contributed by atoms with Crippen LogP contribution in [-0.4, -0.2) is 20.8 Å². The Morgan fingerprint density at radius 1 is 1.31 bits per heavy atom. The molecule has 13 heavy (non-hydrogen) atoms. The van der Waals surface area contributed by atoms with E-state index in [4.69, 9.17) is 4.74 Å². The molecule has 0 bridgehead atoms. The van der Waals surface area contributed by atoms with Crippen molar-refractivity contribution in [3.63, 3.8) is 0 Å². The third-order valence-electron chi connectivity index (χ3n) is 3.05. The molecule has 1 fully saturated rings. The molecule has 0 heterocycles. The summed E-state index contributed by atoms with van der Waals surface area (Å²) in [7, 11) is -0.876. The van der Waals surface area contributed by atoms with Crippen molar-refractivity contribution < 1.29 is 4.74 Å². The van der Waals surface area contributed by atoms with Gasteiger partial charge in [-0.2, -0.15) is 0 Å². The average Bonchev–Trinajstić information content (AvgIpc) is 1.79. The first-order chi connectivity index (χ1) is 5.99. The van der Waals surface area contributed by atoms with Gasteiger partial charge in [0, 0.05) is 14.7 Å². The van der Waals surface area contributed by atoms with E-state index in [0.29, 0.717) is 6.10 Å². The van der Waals surface area contributed by atoms with Crippen LogP contribution in [0.4, 0.5) is 0 Å². The fraction of sp³-hybridized carbons (Fsp3) is 1.00. The Kier molecular flexibility index (Phi) is 3.99. The molecular formula is C11H24OSi. The van der Waals surface area contributed by atoms with Crippen LogP contribution in [0.2, 0.25) is 25.7 Å². The van der Waals surface area contributed by atoms with E-state index in [2.05, 4.69) is 26.6 Å². The van der Waals surface area contributed by atoms with Crippen molar-refractivity contribution in [2.75, 3.05) is 6.61 Å². The van der Waals surface area contributed by atoms with Crippen molar-refractivity contribution in [1.29, 1.82) is 0 Å². The highest BCUT2D eigenvalue weighted by molar-refractivity contribution is 6.76. The largest absolute Gasteiger partial charge is 0.379 e. The molecule has 0 aromatic heterocycles. The van der Waals surface area contributed by atoms with Crippen LogP contribution in [0.3, 0.4) is 0 Å². The highest BCUT2D eigenvalue weighted by Crippen LogP contribution is 2.31. The van der Waals surface area contributed by atoms with Crippen molar-refractivity contribution in [3.05, 3.63) is 0 Å². The van der Waals surface area contributed by atoms with Crippen LogP contribution in [0.1, 0.15) is 26.2 Å². The molecule has 0 aliphatic heterocycles. The van der Waals surface area contributed by atoms with E-state index in [-0.39, 0.29) is 0 Å². The monoisotopic (exact) mass is 200 g/mol. The van der Waals surface area contributed by atoms with Gasteiger partial charge in [0.25, 0.3) is 0 Å². The summed E-state index contributed by atoms with van der Waals surface area (Å²) in [5.41, 5.74) is 0. The van der Waals surface area contributed by atoms with Gasteiger partial charge in [0.1, 0.15) is 0 Å². The minimum absolute atomic E-state index is 0.519. The van der Waals surface area contributed by atoms with E-state index in [1.54, 1.807) is 0 Å². The van der Waals surface area contributed by atoms with Gasteiger partial charge >= 0.3 is 0 Å². The number of rotatable bonds is 5. The highest BCUT2D eigenvalue weighted by Gasteiger charge is 2.24. The average molecular weight is 200 g/mol. The van der Waals surface area contributed by atoms with Gasteiger partial charge in [0.2, 0.25) is 0 Å². The molecule has 0 aromatic rings. The molecule has 0 amide bonds. The lowest BCUT2D eigenvalue weighted by Crippen LogP contribution is -2.29. The summed E-state index contributed by atoms with van der Waals surface area (Å²) < 4.78 is 5.86. The zero-order valence-electron chi connectivity index (χ0n) is 9.60. The van der Waals surface area contributed by atoms with Gasteiger partial charge in [-0.3, -0.25) is 0 Å². The van der Waals surface area contributed by atoms with Crippen molar-refractivity contribution in [2.24, 2.45) is 5.92 Å². The third-order valence-corrected chi connectivity index (χ3v) is 4.75. The van der Waals surface area contributed by atoms with Crippen LogP contribution in [-0.2, 0) is 4.74 Å². The number of hydrogen-bond acceptors (Lipinski definition) is 1. The summed E-state index contributed by atoms with van der Waals surface area (Å²) in [5.74, 6) is 0.877. The van der Waals surface area contributed by atoms with Crippen LogP contribution in [0.15, 0.2) is 0 Å². The van der Waals surface area contributed by atoms with Gasteiger partial charge in [-0.05, 0) is 31.7 Å². The van der Waals surface area contributed by atoms with E-state index in [9.17, 15) is 0 Å². The first-order valence-electron chi connectivity index (χ1n) is 5.61. The zero-order chi connectivity index (χ0) is 9.90. The molecule has 0 radical (unpaired) electrons. The van der Waals surface area contributed by atoms with Crippen LogP contribution < -0.4 is 0 Å². The quantitative estimate of drug-likeness (QED) is 0.617. The first-order valence-corrected chi connectivity index (χ1v) is 9.31. The maximum absolute atomic E-state index is 5.86. The van der Waals surface area contributed by atoms with Gasteiger partial charge in [0.15, 0.2) is 0 Å². The normalized spacial score (nSPS) is 21.2. The van der Waals surface area contributed by atoms with Crippen LogP contribution >= 0.6 is 0 Å². The van der Waals surface area contributed by atoms with Crippen molar-refractivity contribution in [2.45, 2.75) is 58.0 Å². The predicted molar refractivity (Wildman–Crippen MR) is 60.9 cm³/mol. The summed E-state index contributed by atoms with van der Waals surface area (Å²) in [6, 6.07) is 1.31. The van der Waals surface area contributed by atoms with E-state index in [1.165, 1.54) is 25.3 Å². The molecule has 1 unspecified atom stereocenters. The van der Waals surface area contributed by atoms with Crippen LogP contribution in [0.25, 0.3) is 0 Å². The zero-order valence-corrected chi connectivity index (χ0v) is 10.6. The summed E-state index contributed by atoms with van der Waals surface area (Å²) in [6.07, 6.45) is 4.74. The molecule has 1 nitrogen and oxygen atoms in total. The molecule has 1 rings (SSSR count). The molecule has 2 heteroatoms. The smallest absolute Gasteiger partial charge is 0.0574 e. The minimum atomic E-state index is -0.876. The molecule has 0 saturated heterocycles. The lowest BCUT2D eigenvalue weighted by Gasteiger charge is -2.31. The summed E-state index contributed by atoms with van der Waals surface area (Å²) in [4.78, 5) is 0. The molecule has 1 atom stereocenters. The molecule has 1 saturated carbocycles. The Bertz CT molecular complexity index is 147. The van der Waals surface area contributed by atoms with Crippen LogP contribution in [0.5, 0.6) is 0 Å². The summed E-state index contributed by atoms with van der Waals surface area (Å²) >= 11 is 0. The molecule has 0 spiro atoms. The Hall–Kier alpha value is 0.177. The molecule has 1 aliphatic rings. The van der Waals surface area contributed by atoms with E-state index < -0.39 is 8.07 Å². The maximum atomic E-state index is 5.86. The Labute approximate surface area is 83.9 Å². The maximum Gasteiger partial charge on any atom is 0.0574 e. The van der Waals surface area contributed by atoms with Gasteiger partial charge in [-0.1, -0.05) is 26.1 Å². The minimum Gasteiger partial charge on any atom is -0.379 e. The highest BCUT2D eigenvalue weighted by atomic mass is 28.3. The molecule has 0 N–H and O–H groups in total. The topological polar surface area (TPSA) is 9.23 Å². The van der Waals surface area contributed by atoms with Crippen molar-refractivity contribution >= 4 is 8.07 Å². The molecule has 78 valence electrons. The van der Waals surface area contributed by atoms with E-state index in [0.717, 1.165) is 12.5 Å². The second kappa shape index (κ2) is 4.60. The van der Waals surface area contributed by atoms with Crippen molar-refractivity contribution in [3.8, 4) is 0 Å². The lowest BCUT2D eigenvalue weighted by atomic mass is 9.82. The second-order valence-corrected chi connectivity index (χ2v) is 11.2. The third kappa shape index (κ3) is 4.27. The molecule has 1 aliphatic carbocycles. The van der Waals surface area contributed by atoms with Gasteiger partial charge in [-0.25, -0.2) is 0 Å². The van der Waals surface area contributed by atoms with Gasteiger partial charge in [0.05, 0.1) is 6.10 Å². The standard InChI is InChI=1S/C11H24OSi/c1-10(11-6-5-7-11)12-8-9-13(2,3)4/h10-11H,5-9H2,1-4H3. The fourth-order valence-electron chi connectivity index (χ4n) is 1.60. The van der Waals surface area contributed by atoms with E-state index in [1.807, 2.05) is 0 Å². The lowest BCUT2D eigenvalue weighted by molar-refractivity contribution is 0.00504. The summed E-state index contributed by atoms with van der Waals surface area (Å²) in [6.45, 7) is 10.5. The Balaban J connectivity index is 2.04. The summed E-state index contributed by atoms with van der Waals surface area (Å²) in [5, 5.41) is 0. The second-order valence-electron chi connectivity index (χ2n) is 5.58. The molecule has 0 aromatic carbocycles. The number of ether oxygens (including phenoxy) is 1. The molecular weight excluding hydrogens is 176 g/mol. The Morgan fingerprint density at radius 2 is 1.92 bits per heavy atom. The van der Waals surface area contributed by atoms with Gasteiger partial charge < -0.3 is 4.74 Å². The van der Waals surface area contributed by atoms with Crippen LogP contribution in [0, 0.1) is 5.92 Å². The number of hydrogen-bond donors (Lipinski definition) is 0. The fourth-order valence-corrected chi connectivity index (χ4v) is 2.33. The van der Waals surface area contributed by atoms with E-state index >= 15 is 0 Å². The predicted octanol–water partition coefficient (Wildman–Crippen LogP) is 3.53. The first kappa shape index (κ1) is 11.3.